The number of carbonyl (C=O) groups excluding carboxylic acids is 1. The van der Waals surface area contributed by atoms with Crippen molar-refractivity contribution in [2.75, 3.05) is 32.8 Å². The summed E-state index contributed by atoms with van der Waals surface area (Å²) >= 11 is 0. The van der Waals surface area contributed by atoms with E-state index in [1.165, 1.54) is 4.57 Å². The first-order valence-electron chi connectivity index (χ1n) is 19.9. The number of nitrogens with zero attached hydrogens (tertiary/aromatic N) is 4. The van der Waals surface area contributed by atoms with Gasteiger partial charge in [-0.25, -0.2) is 9.46 Å². The minimum atomic E-state index is -1.72. The number of carbonyl (C=O) groups is 1. The lowest BCUT2D eigenvalue weighted by Crippen LogP contribution is -2.37. The molecule has 14 heteroatoms. The summed E-state index contributed by atoms with van der Waals surface area (Å²) in [6.07, 6.45) is -0.174. The average Bonchev–Trinajstić information content (AvgIpc) is 3.66. The molecule has 314 valence electrons. The van der Waals surface area contributed by atoms with Gasteiger partial charge in [0.2, 0.25) is 0 Å². The number of nitrogens with one attached hydrogen (secondary N) is 1. The van der Waals surface area contributed by atoms with Crippen LogP contribution in [0.5, 0.6) is 11.5 Å². The highest BCUT2D eigenvalue weighted by atomic mass is 31.2. The zero-order valence-corrected chi connectivity index (χ0v) is 35.7. The normalized spacial score (nSPS) is 17.1. The molecule has 4 aromatic carbocycles. The maximum atomic E-state index is 13.9. The molecule has 1 saturated heterocycles. The molecule has 0 bridgehead atoms. The average molecular weight is 834 g/mol. The number of amides is 1. The molecule has 0 radical (unpaired) electrons. The molecule has 0 spiro atoms. The summed E-state index contributed by atoms with van der Waals surface area (Å²) < 4.78 is 41.7. The minimum Gasteiger partial charge on any atom is -0.497 e. The summed E-state index contributed by atoms with van der Waals surface area (Å²) in [5.41, 5.74) is 1.27. The molecule has 0 saturated carbocycles. The number of methoxy groups -OCH3 is 2. The quantitative estimate of drug-likeness (QED) is 0.0486. The van der Waals surface area contributed by atoms with Gasteiger partial charge in [0.15, 0.2) is 6.23 Å². The van der Waals surface area contributed by atoms with Crippen molar-refractivity contribution in [2.24, 2.45) is 0 Å². The van der Waals surface area contributed by atoms with Crippen LogP contribution in [0.3, 0.4) is 0 Å². The zero-order valence-electron chi connectivity index (χ0n) is 34.8. The standard InChI is InChI=1S/C46H52N5O8P/c1-32(2)51(33(3)4)60(57-29-13-27-47)59-41-30-40(58-44(41)50-28-26-42(49-45(50)53)48-43(52)34-14-9-7-10-15-34)31-56-46(35-16-11-8-12-17-35,36-18-22-38(54-5)23-19-36)37-20-24-39(55-6)25-21-37/h7-12,14-26,28,32-33,40-41,44H,13,29-31H2,1-6H3,(H,48,49,52,53)/t40-,41-,44+,60?/m0/s1. The Balaban J connectivity index is 1.37. The molecule has 2 heterocycles. The molecule has 1 N–H and O–H groups in total. The van der Waals surface area contributed by atoms with E-state index in [-0.39, 0.29) is 37.5 Å². The number of benzene rings is 4. The van der Waals surface area contributed by atoms with Crippen LogP contribution in [0.25, 0.3) is 0 Å². The van der Waals surface area contributed by atoms with Crippen LogP contribution in [0.4, 0.5) is 5.82 Å². The van der Waals surface area contributed by atoms with Crippen LogP contribution in [0.2, 0.25) is 0 Å². The summed E-state index contributed by atoms with van der Waals surface area (Å²) in [5, 5.41) is 12.1. The predicted octanol–water partition coefficient (Wildman–Crippen LogP) is 8.47. The van der Waals surface area contributed by atoms with Crippen molar-refractivity contribution >= 4 is 20.3 Å². The van der Waals surface area contributed by atoms with Crippen molar-refractivity contribution in [3.05, 3.63) is 154 Å². The van der Waals surface area contributed by atoms with Crippen LogP contribution in [-0.4, -0.2) is 71.9 Å². The molecule has 1 aromatic heterocycles. The lowest BCUT2D eigenvalue weighted by molar-refractivity contribution is -0.0862. The topological polar surface area (TPSA) is 146 Å². The Hall–Kier alpha value is -5.45. The van der Waals surface area contributed by atoms with Crippen LogP contribution in [0.15, 0.2) is 126 Å². The Bertz CT molecular complexity index is 2180. The highest BCUT2D eigenvalue weighted by Crippen LogP contribution is 2.51. The van der Waals surface area contributed by atoms with Gasteiger partial charge in [-0.2, -0.15) is 10.2 Å². The lowest BCUT2D eigenvalue weighted by atomic mass is 9.80. The Morgan fingerprint density at radius 2 is 1.45 bits per heavy atom. The summed E-state index contributed by atoms with van der Waals surface area (Å²) in [7, 11) is 1.54. The Kier molecular flexibility index (Phi) is 15.2. The molecule has 1 unspecified atom stereocenters. The van der Waals surface area contributed by atoms with Crippen molar-refractivity contribution in [1.29, 1.82) is 5.26 Å². The smallest absolute Gasteiger partial charge is 0.351 e. The monoisotopic (exact) mass is 833 g/mol. The molecule has 60 heavy (non-hydrogen) atoms. The second-order valence-electron chi connectivity index (χ2n) is 14.7. The number of aromatic nitrogens is 2. The molecule has 6 rings (SSSR count). The van der Waals surface area contributed by atoms with Crippen molar-refractivity contribution < 1.29 is 32.8 Å². The van der Waals surface area contributed by atoms with Gasteiger partial charge in [-0.15, -0.1) is 0 Å². The van der Waals surface area contributed by atoms with Gasteiger partial charge in [0.05, 0.1) is 46.0 Å². The first-order valence-corrected chi connectivity index (χ1v) is 21.1. The molecule has 1 aliphatic rings. The molecule has 13 nitrogen and oxygen atoms in total. The largest absolute Gasteiger partial charge is 0.497 e. The van der Waals surface area contributed by atoms with Gasteiger partial charge >= 0.3 is 5.69 Å². The SMILES string of the molecule is COc1ccc(C(OC[C@@H]2C[C@H](OP(OCCC#N)N(C(C)C)C(C)C)[C@H](n3ccc(NC(=O)c4ccccc4)nc3=O)O2)(c2ccccc2)c2ccc(OC)cc2)cc1. The third-order valence-electron chi connectivity index (χ3n) is 10.1. The zero-order chi connectivity index (χ0) is 42.6. The van der Waals surface area contributed by atoms with Gasteiger partial charge in [0, 0.05) is 30.3 Å². The highest BCUT2D eigenvalue weighted by molar-refractivity contribution is 7.44. The van der Waals surface area contributed by atoms with E-state index in [9.17, 15) is 14.9 Å². The van der Waals surface area contributed by atoms with E-state index in [0.29, 0.717) is 23.5 Å². The van der Waals surface area contributed by atoms with Crippen molar-refractivity contribution in [1.82, 2.24) is 14.2 Å². The third-order valence-corrected chi connectivity index (χ3v) is 12.2. The molecular weight excluding hydrogens is 782 g/mol. The molecule has 0 aliphatic carbocycles. The fraction of sp³-hybridized carbons (Fsp3) is 0.348. The number of nitriles is 1. The Morgan fingerprint density at radius 1 is 0.883 bits per heavy atom. The molecule has 5 aromatic rings. The minimum absolute atomic E-state index is 0.0375. The number of anilines is 1. The van der Waals surface area contributed by atoms with Crippen molar-refractivity contribution in [3.63, 3.8) is 0 Å². The van der Waals surface area contributed by atoms with Crippen molar-refractivity contribution in [3.8, 4) is 17.6 Å². The first kappa shape index (κ1) is 44.1. The van der Waals surface area contributed by atoms with Crippen LogP contribution in [-0.2, 0) is 24.1 Å². The van der Waals surface area contributed by atoms with E-state index in [1.807, 2.05) is 84.9 Å². The second-order valence-corrected chi connectivity index (χ2v) is 16.1. The number of hydrogen-bond donors (Lipinski definition) is 1. The van der Waals surface area contributed by atoms with Crippen LogP contribution in [0, 0.1) is 11.3 Å². The lowest BCUT2D eigenvalue weighted by Gasteiger charge is -2.37. The van der Waals surface area contributed by atoms with E-state index in [0.717, 1.165) is 16.7 Å². The van der Waals surface area contributed by atoms with Gasteiger partial charge in [-0.05, 0) is 86.8 Å². The Morgan fingerprint density at radius 3 is 1.98 bits per heavy atom. The van der Waals surface area contributed by atoms with Gasteiger partial charge < -0.3 is 33.3 Å². The maximum absolute atomic E-state index is 13.9. The molecule has 1 amide bonds. The van der Waals surface area contributed by atoms with E-state index < -0.39 is 44.2 Å². The van der Waals surface area contributed by atoms with Gasteiger partial charge in [-0.3, -0.25) is 9.36 Å². The van der Waals surface area contributed by atoms with Crippen molar-refractivity contribution in [2.45, 2.75) is 76.7 Å². The predicted molar refractivity (Wildman–Crippen MR) is 230 cm³/mol. The fourth-order valence-electron chi connectivity index (χ4n) is 7.32. The fourth-order valence-corrected chi connectivity index (χ4v) is 9.05. The summed E-state index contributed by atoms with van der Waals surface area (Å²) in [6, 6.07) is 38.0. The van der Waals surface area contributed by atoms with E-state index in [2.05, 4.69) is 48.7 Å². The number of ether oxygens (including phenoxy) is 4. The van der Waals surface area contributed by atoms with E-state index >= 15 is 0 Å². The van der Waals surface area contributed by atoms with E-state index in [1.54, 1.807) is 50.7 Å². The molecule has 4 atom stereocenters. The number of rotatable bonds is 19. The molecular formula is C46H52N5O8P. The summed E-state index contributed by atoms with van der Waals surface area (Å²) in [6.45, 7) is 8.49. The van der Waals surface area contributed by atoms with Crippen LogP contribution < -0.4 is 20.5 Å². The second kappa shape index (κ2) is 20.7. The summed E-state index contributed by atoms with van der Waals surface area (Å²) in [4.78, 5) is 31.0. The first-order chi connectivity index (χ1) is 29.1. The Labute approximate surface area is 352 Å². The maximum Gasteiger partial charge on any atom is 0.351 e. The number of hydrogen-bond acceptors (Lipinski definition) is 11. The van der Waals surface area contributed by atoms with Crippen LogP contribution in [0.1, 0.15) is 73.8 Å². The van der Waals surface area contributed by atoms with Gasteiger partial charge in [0.25, 0.3) is 14.4 Å². The third kappa shape index (κ3) is 10.3. The highest BCUT2D eigenvalue weighted by Gasteiger charge is 2.45. The molecule has 1 aliphatic heterocycles. The van der Waals surface area contributed by atoms with Gasteiger partial charge in [0.1, 0.15) is 29.0 Å². The summed E-state index contributed by atoms with van der Waals surface area (Å²) in [5.74, 6) is 1.11. The molecule has 1 fully saturated rings. The van der Waals surface area contributed by atoms with Gasteiger partial charge in [-0.1, -0.05) is 72.8 Å². The van der Waals surface area contributed by atoms with E-state index in [4.69, 9.17) is 28.0 Å². The van der Waals surface area contributed by atoms with Crippen LogP contribution >= 0.6 is 8.53 Å².